The van der Waals surface area contributed by atoms with E-state index in [4.69, 9.17) is 5.26 Å². The lowest BCUT2D eigenvalue weighted by atomic mass is 9.71. The minimum absolute atomic E-state index is 0.228. The van der Waals surface area contributed by atoms with Crippen LogP contribution in [0.2, 0.25) is 0 Å². The smallest absolute Gasteiger partial charge is 0.170 e. The van der Waals surface area contributed by atoms with E-state index in [-0.39, 0.29) is 11.2 Å². The minimum Gasteiger partial charge on any atom is -0.316 e. The summed E-state index contributed by atoms with van der Waals surface area (Å²) in [6.07, 6.45) is 3.97. The van der Waals surface area contributed by atoms with Gasteiger partial charge in [-0.2, -0.15) is 5.26 Å². The maximum Gasteiger partial charge on any atom is 0.170 e. The molecule has 0 amide bonds. The molecule has 1 aliphatic rings. The van der Waals surface area contributed by atoms with E-state index in [1.54, 1.807) is 24.3 Å². The van der Waals surface area contributed by atoms with E-state index in [0.29, 0.717) is 5.56 Å². The van der Waals surface area contributed by atoms with Crippen molar-refractivity contribution in [3.63, 3.8) is 0 Å². The summed E-state index contributed by atoms with van der Waals surface area (Å²) in [5.74, 6) is 0.228. The zero-order valence-electron chi connectivity index (χ0n) is 11.4. The largest absolute Gasteiger partial charge is 0.316 e. The van der Waals surface area contributed by atoms with Crippen LogP contribution in [0.1, 0.15) is 48.5 Å². The maximum absolute atomic E-state index is 12.8. The van der Waals surface area contributed by atoms with Gasteiger partial charge < -0.3 is 5.32 Å². The molecule has 1 atom stereocenters. The molecule has 0 bridgehead atoms. The van der Waals surface area contributed by atoms with Gasteiger partial charge in [-0.05, 0) is 37.9 Å². The van der Waals surface area contributed by atoms with Crippen molar-refractivity contribution in [3.05, 3.63) is 35.4 Å². The molecular weight excluding hydrogens is 236 g/mol. The fourth-order valence-electron chi connectivity index (χ4n) is 2.97. The molecule has 19 heavy (non-hydrogen) atoms. The Labute approximate surface area is 114 Å². The second kappa shape index (κ2) is 5.99. The van der Waals surface area contributed by atoms with E-state index in [1.165, 1.54) is 0 Å². The fraction of sp³-hybridized carbons (Fsp3) is 0.500. The van der Waals surface area contributed by atoms with Gasteiger partial charge in [0.15, 0.2) is 5.78 Å². The fourth-order valence-corrected chi connectivity index (χ4v) is 2.97. The molecule has 1 aliphatic heterocycles. The number of carbonyl (C=O) groups is 1. The molecule has 1 fully saturated rings. The van der Waals surface area contributed by atoms with E-state index in [1.807, 2.05) is 0 Å². The predicted octanol–water partition coefficient (Wildman–Crippen LogP) is 2.91. The Kier molecular flexibility index (Phi) is 4.34. The van der Waals surface area contributed by atoms with Crippen LogP contribution in [0.4, 0.5) is 0 Å². The quantitative estimate of drug-likeness (QED) is 0.843. The van der Waals surface area contributed by atoms with Crippen molar-refractivity contribution in [2.45, 2.75) is 32.6 Å². The Morgan fingerprint density at radius 3 is 2.68 bits per heavy atom. The van der Waals surface area contributed by atoms with Gasteiger partial charge in [0.05, 0.1) is 11.6 Å². The SMILES string of the molecule is CCCC1(C(=O)c2ccc(C#N)cc2)CCCNC1. The molecule has 0 aromatic heterocycles. The molecule has 3 heteroatoms. The third-order valence-electron chi connectivity index (χ3n) is 3.96. The van der Waals surface area contributed by atoms with Crippen LogP contribution in [-0.2, 0) is 0 Å². The van der Waals surface area contributed by atoms with Crippen LogP contribution in [0.5, 0.6) is 0 Å². The Bertz CT molecular complexity index is 473. The highest BCUT2D eigenvalue weighted by Gasteiger charge is 2.38. The van der Waals surface area contributed by atoms with E-state index in [9.17, 15) is 4.79 Å². The summed E-state index contributed by atoms with van der Waals surface area (Å²) in [5.41, 5.74) is 1.08. The zero-order valence-corrected chi connectivity index (χ0v) is 11.4. The maximum atomic E-state index is 12.8. The highest BCUT2D eigenvalue weighted by molar-refractivity contribution is 6.00. The van der Waals surface area contributed by atoms with Gasteiger partial charge in [-0.25, -0.2) is 0 Å². The summed E-state index contributed by atoms with van der Waals surface area (Å²) in [6, 6.07) is 9.10. The van der Waals surface area contributed by atoms with Gasteiger partial charge in [-0.1, -0.05) is 25.5 Å². The Morgan fingerprint density at radius 2 is 2.16 bits per heavy atom. The van der Waals surface area contributed by atoms with Gasteiger partial charge in [0.1, 0.15) is 0 Å². The number of rotatable bonds is 4. The molecule has 100 valence electrons. The number of ketones is 1. The number of carbonyl (C=O) groups excluding carboxylic acids is 1. The second-order valence-electron chi connectivity index (χ2n) is 5.33. The normalized spacial score (nSPS) is 22.7. The average Bonchev–Trinajstić information content (AvgIpc) is 2.48. The van der Waals surface area contributed by atoms with Crippen LogP contribution < -0.4 is 5.32 Å². The number of hydrogen-bond donors (Lipinski definition) is 1. The number of Topliss-reactive ketones (excluding diaryl/α,β-unsaturated/α-hetero) is 1. The van der Waals surface area contributed by atoms with Gasteiger partial charge in [-0.15, -0.1) is 0 Å². The van der Waals surface area contributed by atoms with Crippen molar-refractivity contribution in [2.24, 2.45) is 5.41 Å². The number of benzene rings is 1. The molecule has 1 unspecified atom stereocenters. The summed E-state index contributed by atoms with van der Waals surface area (Å²) < 4.78 is 0. The third kappa shape index (κ3) is 2.85. The molecule has 0 radical (unpaired) electrons. The van der Waals surface area contributed by atoms with Crippen molar-refractivity contribution in [3.8, 4) is 6.07 Å². The summed E-state index contributed by atoms with van der Waals surface area (Å²) in [4.78, 5) is 12.8. The molecule has 1 heterocycles. The van der Waals surface area contributed by atoms with Crippen LogP contribution in [0.15, 0.2) is 24.3 Å². The average molecular weight is 256 g/mol. The van der Waals surface area contributed by atoms with Crippen LogP contribution in [0.3, 0.4) is 0 Å². The van der Waals surface area contributed by atoms with Gasteiger partial charge in [0.2, 0.25) is 0 Å². The number of nitrogens with zero attached hydrogens (tertiary/aromatic N) is 1. The van der Waals surface area contributed by atoms with E-state index in [2.05, 4.69) is 18.3 Å². The topological polar surface area (TPSA) is 52.9 Å². The molecule has 1 N–H and O–H groups in total. The highest BCUT2D eigenvalue weighted by Crippen LogP contribution is 2.35. The standard InChI is InChI=1S/C16H20N2O/c1-2-8-16(9-3-10-18-12-16)15(19)14-6-4-13(11-17)5-7-14/h4-7,18H,2-3,8-10,12H2,1H3. The van der Waals surface area contributed by atoms with E-state index >= 15 is 0 Å². The summed E-state index contributed by atoms with van der Waals surface area (Å²) in [7, 11) is 0. The molecule has 1 aromatic rings. The van der Waals surface area contributed by atoms with Gasteiger partial charge in [0.25, 0.3) is 0 Å². The van der Waals surface area contributed by atoms with Crippen molar-refractivity contribution in [1.29, 1.82) is 5.26 Å². The number of nitrogens with one attached hydrogen (secondary N) is 1. The van der Waals surface area contributed by atoms with Gasteiger partial charge in [0, 0.05) is 17.5 Å². The van der Waals surface area contributed by atoms with Crippen LogP contribution >= 0.6 is 0 Å². The summed E-state index contributed by atoms with van der Waals surface area (Å²) in [6.45, 7) is 3.91. The number of piperidine rings is 1. The van der Waals surface area contributed by atoms with Crippen molar-refractivity contribution in [2.75, 3.05) is 13.1 Å². The molecule has 1 aromatic carbocycles. The Morgan fingerprint density at radius 1 is 1.42 bits per heavy atom. The molecule has 2 rings (SSSR count). The first-order valence-corrected chi connectivity index (χ1v) is 6.97. The molecule has 3 nitrogen and oxygen atoms in total. The molecule has 0 aliphatic carbocycles. The third-order valence-corrected chi connectivity index (χ3v) is 3.96. The lowest BCUT2D eigenvalue weighted by Crippen LogP contribution is -2.45. The number of hydrogen-bond acceptors (Lipinski definition) is 3. The monoisotopic (exact) mass is 256 g/mol. The molecular formula is C16H20N2O. The predicted molar refractivity (Wildman–Crippen MR) is 74.9 cm³/mol. The zero-order chi connectivity index (χ0) is 13.7. The Balaban J connectivity index is 2.25. The summed E-state index contributed by atoms with van der Waals surface area (Å²) in [5, 5.41) is 12.2. The van der Waals surface area contributed by atoms with E-state index in [0.717, 1.165) is 44.3 Å². The number of nitriles is 1. The van der Waals surface area contributed by atoms with E-state index < -0.39 is 0 Å². The van der Waals surface area contributed by atoms with Gasteiger partial charge >= 0.3 is 0 Å². The first kappa shape index (κ1) is 13.8. The van der Waals surface area contributed by atoms with Crippen molar-refractivity contribution in [1.82, 2.24) is 5.32 Å². The second-order valence-corrected chi connectivity index (χ2v) is 5.33. The Hall–Kier alpha value is -1.66. The highest BCUT2D eigenvalue weighted by atomic mass is 16.1. The molecule has 1 saturated heterocycles. The van der Waals surface area contributed by atoms with Crippen LogP contribution in [0, 0.1) is 16.7 Å². The first-order chi connectivity index (χ1) is 9.22. The molecule has 0 spiro atoms. The lowest BCUT2D eigenvalue weighted by Gasteiger charge is -2.36. The first-order valence-electron chi connectivity index (χ1n) is 6.97. The van der Waals surface area contributed by atoms with Crippen molar-refractivity contribution >= 4 is 5.78 Å². The summed E-state index contributed by atoms with van der Waals surface area (Å²) >= 11 is 0. The molecule has 0 saturated carbocycles. The van der Waals surface area contributed by atoms with Crippen molar-refractivity contribution < 1.29 is 4.79 Å². The minimum atomic E-state index is -0.249. The van der Waals surface area contributed by atoms with Crippen LogP contribution in [-0.4, -0.2) is 18.9 Å². The lowest BCUT2D eigenvalue weighted by molar-refractivity contribution is 0.0718. The van der Waals surface area contributed by atoms with Gasteiger partial charge in [-0.3, -0.25) is 4.79 Å². The van der Waals surface area contributed by atoms with Crippen LogP contribution in [0.25, 0.3) is 0 Å².